The second-order valence-corrected chi connectivity index (χ2v) is 4.71. The Morgan fingerprint density at radius 1 is 0.762 bits per heavy atom. The maximum atomic E-state index is 9.82. The van der Waals surface area contributed by atoms with Gasteiger partial charge in [-0.05, 0) is 23.8 Å². The van der Waals surface area contributed by atoms with Gasteiger partial charge in [-0.1, -0.05) is 66.8 Å². The molecule has 1 heterocycles. The van der Waals surface area contributed by atoms with E-state index >= 15 is 0 Å². The summed E-state index contributed by atoms with van der Waals surface area (Å²) in [7, 11) is 0. The van der Waals surface area contributed by atoms with Gasteiger partial charge in [0.05, 0.1) is 5.69 Å². The summed E-state index contributed by atoms with van der Waals surface area (Å²) in [5.41, 5.74) is 2.61. The summed E-state index contributed by atoms with van der Waals surface area (Å²) in [5, 5.41) is 10.8. The summed E-state index contributed by atoms with van der Waals surface area (Å²) >= 11 is 0. The summed E-state index contributed by atoms with van der Waals surface area (Å²) in [6, 6.07) is 19.4. The predicted octanol–water partition coefficient (Wildman–Crippen LogP) is 4.67. The Bertz CT molecular complexity index is 804. The van der Waals surface area contributed by atoms with Gasteiger partial charge in [0, 0.05) is 5.39 Å². The SMILES string of the molecule is Oc1cccc2ccc(C=CC=Cc3ccccc3)nc12. The maximum Gasteiger partial charge on any atom is 0.141 e. The van der Waals surface area contributed by atoms with Crippen LogP contribution < -0.4 is 0 Å². The van der Waals surface area contributed by atoms with Crippen LogP contribution in [0.25, 0.3) is 23.1 Å². The highest BCUT2D eigenvalue weighted by molar-refractivity contribution is 5.85. The van der Waals surface area contributed by atoms with Gasteiger partial charge in [0.2, 0.25) is 0 Å². The molecule has 0 radical (unpaired) electrons. The number of benzene rings is 2. The Morgan fingerprint density at radius 3 is 2.43 bits per heavy atom. The predicted molar refractivity (Wildman–Crippen MR) is 87.9 cm³/mol. The van der Waals surface area contributed by atoms with Crippen LogP contribution in [0.3, 0.4) is 0 Å². The summed E-state index contributed by atoms with van der Waals surface area (Å²) in [5.74, 6) is 0.211. The first-order valence-electron chi connectivity index (χ1n) is 6.81. The fourth-order valence-corrected chi connectivity index (χ4v) is 2.12. The molecule has 0 spiro atoms. The van der Waals surface area contributed by atoms with Crippen molar-refractivity contribution in [3.8, 4) is 5.75 Å². The van der Waals surface area contributed by atoms with Crippen molar-refractivity contribution < 1.29 is 5.11 Å². The Labute approximate surface area is 123 Å². The quantitative estimate of drug-likeness (QED) is 0.704. The van der Waals surface area contributed by atoms with E-state index in [-0.39, 0.29) is 5.75 Å². The summed E-state index contributed by atoms with van der Waals surface area (Å²) in [6.45, 7) is 0. The largest absolute Gasteiger partial charge is 0.506 e. The Morgan fingerprint density at radius 2 is 1.57 bits per heavy atom. The smallest absolute Gasteiger partial charge is 0.141 e. The molecule has 0 aliphatic heterocycles. The number of aromatic hydroxyl groups is 1. The van der Waals surface area contributed by atoms with Crippen LogP contribution in [-0.4, -0.2) is 10.1 Å². The molecule has 0 saturated heterocycles. The van der Waals surface area contributed by atoms with Gasteiger partial charge in [-0.15, -0.1) is 0 Å². The number of allylic oxidation sites excluding steroid dienone is 2. The first-order chi connectivity index (χ1) is 10.3. The Kier molecular flexibility index (Phi) is 3.79. The number of para-hydroxylation sites is 1. The normalized spacial score (nSPS) is 11.6. The van der Waals surface area contributed by atoms with Crippen molar-refractivity contribution >= 4 is 23.1 Å². The minimum Gasteiger partial charge on any atom is -0.506 e. The lowest BCUT2D eigenvalue weighted by atomic mass is 10.2. The lowest BCUT2D eigenvalue weighted by Gasteiger charge is -2.00. The van der Waals surface area contributed by atoms with Crippen molar-refractivity contribution in [2.45, 2.75) is 0 Å². The molecule has 2 nitrogen and oxygen atoms in total. The van der Waals surface area contributed by atoms with Crippen molar-refractivity contribution in [1.82, 2.24) is 4.98 Å². The van der Waals surface area contributed by atoms with Crippen molar-refractivity contribution in [3.05, 3.63) is 84.1 Å². The third-order valence-corrected chi connectivity index (χ3v) is 3.19. The first kappa shape index (κ1) is 13.1. The molecule has 0 bridgehead atoms. The molecule has 0 fully saturated rings. The molecule has 2 heteroatoms. The summed E-state index contributed by atoms with van der Waals surface area (Å²) < 4.78 is 0. The topological polar surface area (TPSA) is 33.1 Å². The van der Waals surface area contributed by atoms with E-state index < -0.39 is 0 Å². The zero-order valence-electron chi connectivity index (χ0n) is 11.5. The van der Waals surface area contributed by atoms with Crippen LogP contribution in [0.4, 0.5) is 0 Å². The minimum absolute atomic E-state index is 0.211. The van der Waals surface area contributed by atoms with Crippen molar-refractivity contribution in [2.75, 3.05) is 0 Å². The van der Waals surface area contributed by atoms with E-state index in [1.54, 1.807) is 6.07 Å². The molecule has 0 amide bonds. The molecule has 3 rings (SSSR count). The molecular formula is C19H15NO. The van der Waals surface area contributed by atoms with Crippen LogP contribution in [0, 0.1) is 0 Å². The Hall–Kier alpha value is -2.87. The molecule has 1 N–H and O–H groups in total. The number of nitrogens with zero attached hydrogens (tertiary/aromatic N) is 1. The number of fused-ring (bicyclic) bond motifs is 1. The molecule has 0 aliphatic carbocycles. The highest BCUT2D eigenvalue weighted by atomic mass is 16.3. The standard InChI is InChI=1S/C19H15NO/c21-18-12-6-10-16-13-14-17(20-19(16)18)11-5-4-9-15-7-2-1-3-8-15/h1-14,21H. The van der Waals surface area contributed by atoms with Gasteiger partial charge in [-0.2, -0.15) is 0 Å². The Balaban J connectivity index is 1.80. The van der Waals surface area contributed by atoms with E-state index in [0.717, 1.165) is 16.6 Å². The second-order valence-electron chi connectivity index (χ2n) is 4.71. The van der Waals surface area contributed by atoms with Crippen LogP contribution in [-0.2, 0) is 0 Å². The van der Waals surface area contributed by atoms with E-state index in [1.165, 1.54) is 0 Å². The second kappa shape index (κ2) is 6.06. The van der Waals surface area contributed by atoms with Gasteiger partial charge >= 0.3 is 0 Å². The molecule has 0 aliphatic rings. The number of pyridine rings is 1. The molecule has 1 aromatic heterocycles. The van der Waals surface area contributed by atoms with E-state index in [0.29, 0.717) is 5.52 Å². The number of hydrogen-bond donors (Lipinski definition) is 1. The van der Waals surface area contributed by atoms with Gasteiger partial charge < -0.3 is 5.11 Å². The van der Waals surface area contributed by atoms with Crippen LogP contribution >= 0.6 is 0 Å². The van der Waals surface area contributed by atoms with Crippen molar-refractivity contribution in [3.63, 3.8) is 0 Å². The van der Waals surface area contributed by atoms with Gasteiger partial charge in [-0.3, -0.25) is 0 Å². The van der Waals surface area contributed by atoms with E-state index in [9.17, 15) is 5.11 Å². The summed E-state index contributed by atoms with van der Waals surface area (Å²) in [4.78, 5) is 4.45. The lowest BCUT2D eigenvalue weighted by Crippen LogP contribution is -1.83. The van der Waals surface area contributed by atoms with Crippen LogP contribution in [0.15, 0.2) is 72.8 Å². The number of rotatable bonds is 3. The van der Waals surface area contributed by atoms with E-state index in [1.807, 2.05) is 66.8 Å². The molecule has 102 valence electrons. The van der Waals surface area contributed by atoms with Crippen molar-refractivity contribution in [2.24, 2.45) is 0 Å². The molecule has 3 aromatic rings. The van der Waals surface area contributed by atoms with Gasteiger partial charge in [0.25, 0.3) is 0 Å². The highest BCUT2D eigenvalue weighted by Crippen LogP contribution is 2.22. The zero-order valence-corrected chi connectivity index (χ0v) is 11.5. The number of phenols is 1. The van der Waals surface area contributed by atoms with Gasteiger partial charge in [0.15, 0.2) is 0 Å². The third kappa shape index (κ3) is 3.18. The molecule has 2 aromatic carbocycles. The number of aromatic nitrogens is 1. The molecule has 0 atom stereocenters. The molecule has 0 saturated carbocycles. The monoisotopic (exact) mass is 273 g/mol. The van der Waals surface area contributed by atoms with Crippen LogP contribution in [0.2, 0.25) is 0 Å². The van der Waals surface area contributed by atoms with Gasteiger partial charge in [0.1, 0.15) is 11.3 Å². The third-order valence-electron chi connectivity index (χ3n) is 3.19. The molecule has 21 heavy (non-hydrogen) atoms. The first-order valence-corrected chi connectivity index (χ1v) is 6.81. The van der Waals surface area contributed by atoms with Gasteiger partial charge in [-0.25, -0.2) is 4.98 Å². The molecule has 0 unspecified atom stereocenters. The average molecular weight is 273 g/mol. The zero-order chi connectivity index (χ0) is 14.5. The van der Waals surface area contributed by atoms with E-state index in [2.05, 4.69) is 17.1 Å². The minimum atomic E-state index is 0.211. The summed E-state index contributed by atoms with van der Waals surface area (Å²) in [6.07, 6.45) is 7.88. The lowest BCUT2D eigenvalue weighted by molar-refractivity contribution is 0.480. The van der Waals surface area contributed by atoms with E-state index in [4.69, 9.17) is 0 Å². The molecular weight excluding hydrogens is 258 g/mol. The van der Waals surface area contributed by atoms with Crippen LogP contribution in [0.1, 0.15) is 11.3 Å². The van der Waals surface area contributed by atoms with Crippen LogP contribution in [0.5, 0.6) is 5.75 Å². The number of hydrogen-bond acceptors (Lipinski definition) is 2. The fourth-order valence-electron chi connectivity index (χ4n) is 2.12. The highest BCUT2D eigenvalue weighted by Gasteiger charge is 2.00. The fraction of sp³-hybridized carbons (Fsp3) is 0. The maximum absolute atomic E-state index is 9.82. The average Bonchev–Trinajstić information content (AvgIpc) is 2.53. The number of phenolic OH excluding ortho intramolecular Hbond substituents is 1. The van der Waals surface area contributed by atoms with Crippen molar-refractivity contribution in [1.29, 1.82) is 0 Å².